The van der Waals surface area contributed by atoms with E-state index < -0.39 is 0 Å². The molecule has 0 saturated heterocycles. The van der Waals surface area contributed by atoms with Crippen LogP contribution < -0.4 is 0 Å². The molecule has 6 rings (SSSR count). The third-order valence-corrected chi connectivity index (χ3v) is 6.61. The maximum absolute atomic E-state index is 2.32. The minimum absolute atomic E-state index is 1.21. The summed E-state index contributed by atoms with van der Waals surface area (Å²) in [5.41, 5.74) is 9.97. The monoisotopic (exact) mass is 396 g/mol. The molecule has 0 saturated carbocycles. The van der Waals surface area contributed by atoms with Crippen LogP contribution in [-0.4, -0.2) is 8.80 Å². The zero-order chi connectivity index (χ0) is 18.5. The second kappa shape index (κ2) is 6.23. The van der Waals surface area contributed by atoms with Crippen LogP contribution in [0, 0.1) is 0 Å². The quantitative estimate of drug-likeness (QED) is 0.296. The summed E-state index contributed by atoms with van der Waals surface area (Å²) in [6, 6.07) is 21.8. The Morgan fingerprint density at radius 1 is 0.571 bits per heavy atom. The van der Waals surface area contributed by atoms with Gasteiger partial charge >= 0.3 is 0 Å². The zero-order valence-corrected chi connectivity index (χ0v) is 16.6. The highest BCUT2D eigenvalue weighted by molar-refractivity contribution is 7.08. The summed E-state index contributed by atoms with van der Waals surface area (Å²) in [6.07, 6.45) is 4.33. The Hall–Kier alpha value is -3.08. The molecule has 0 N–H and O–H groups in total. The molecule has 0 atom stereocenters. The average Bonchev–Trinajstić information content (AvgIpc) is 3.52. The predicted octanol–water partition coefficient (Wildman–Crippen LogP) is 7.32. The number of hydrogen-bond donors (Lipinski definition) is 0. The molecular weight excluding hydrogens is 380 g/mol. The number of thiophene rings is 2. The summed E-state index contributed by atoms with van der Waals surface area (Å²) < 4.78 is 4.63. The molecule has 0 aliphatic carbocycles. The fourth-order valence-electron chi connectivity index (χ4n) is 4.01. The molecule has 0 fully saturated rings. The second-order valence-electron chi connectivity index (χ2n) is 6.83. The Balaban J connectivity index is 1.79. The van der Waals surface area contributed by atoms with E-state index in [9.17, 15) is 0 Å². The number of fused-ring (bicyclic) bond motifs is 2. The molecule has 0 spiro atoms. The van der Waals surface area contributed by atoms with Gasteiger partial charge in [0.2, 0.25) is 0 Å². The topological polar surface area (TPSA) is 8.82 Å². The molecule has 0 amide bonds. The molecular formula is C24H16N2S2. The van der Waals surface area contributed by atoms with E-state index in [0.29, 0.717) is 0 Å². The van der Waals surface area contributed by atoms with E-state index in [-0.39, 0.29) is 0 Å². The zero-order valence-electron chi connectivity index (χ0n) is 14.9. The number of hydrogen-bond acceptors (Lipinski definition) is 2. The largest absolute Gasteiger partial charge is 0.315 e. The number of aromatic nitrogens is 2. The van der Waals surface area contributed by atoms with Crippen molar-refractivity contribution in [2.24, 2.45) is 0 Å². The van der Waals surface area contributed by atoms with Crippen LogP contribution in [-0.2, 0) is 0 Å². The van der Waals surface area contributed by atoms with Crippen LogP contribution in [0.2, 0.25) is 0 Å². The van der Waals surface area contributed by atoms with Gasteiger partial charge in [-0.05, 0) is 81.2 Å². The molecule has 0 aliphatic heterocycles. The van der Waals surface area contributed by atoms with E-state index in [1.807, 2.05) is 0 Å². The molecule has 28 heavy (non-hydrogen) atoms. The standard InChI is InChI=1S/C24H16N2S2/c1-3-9-25-19(5-1)13-21(17-7-11-27-15-17)23(25)24-22(18-8-12-28-16-18)14-20-6-2-4-10-26(20)24/h1-16H. The van der Waals surface area contributed by atoms with E-state index in [2.05, 4.69) is 103 Å². The molecule has 134 valence electrons. The van der Waals surface area contributed by atoms with Crippen LogP contribution in [0.5, 0.6) is 0 Å². The third-order valence-electron chi connectivity index (χ3n) is 5.25. The van der Waals surface area contributed by atoms with Gasteiger partial charge in [0.25, 0.3) is 0 Å². The lowest BCUT2D eigenvalue weighted by molar-refractivity contribution is 1.14. The normalized spacial score (nSPS) is 11.6. The van der Waals surface area contributed by atoms with E-state index in [4.69, 9.17) is 0 Å². The third kappa shape index (κ3) is 2.32. The van der Waals surface area contributed by atoms with Crippen LogP contribution in [0.25, 0.3) is 44.7 Å². The van der Waals surface area contributed by atoms with Crippen LogP contribution >= 0.6 is 22.7 Å². The van der Waals surface area contributed by atoms with Crippen molar-refractivity contribution in [1.82, 2.24) is 8.80 Å². The fraction of sp³-hybridized carbons (Fsp3) is 0. The van der Waals surface area contributed by atoms with Gasteiger partial charge in [0.15, 0.2) is 0 Å². The number of rotatable bonds is 3. The Kier molecular flexibility index (Phi) is 3.54. The lowest BCUT2D eigenvalue weighted by atomic mass is 10.0. The van der Waals surface area contributed by atoms with Crippen molar-refractivity contribution in [3.8, 4) is 33.6 Å². The Morgan fingerprint density at radius 2 is 1.07 bits per heavy atom. The first-order valence-electron chi connectivity index (χ1n) is 9.16. The Morgan fingerprint density at radius 3 is 1.50 bits per heavy atom. The van der Waals surface area contributed by atoms with Crippen molar-refractivity contribution in [1.29, 1.82) is 0 Å². The summed E-state index contributed by atoms with van der Waals surface area (Å²) in [4.78, 5) is 0. The summed E-state index contributed by atoms with van der Waals surface area (Å²) in [5, 5.41) is 8.77. The summed E-state index contributed by atoms with van der Waals surface area (Å²) in [6.45, 7) is 0. The SMILES string of the molecule is c1ccn2c(-c3c(-c4ccsc4)cc4ccccn34)c(-c3ccsc3)cc2c1. The van der Waals surface area contributed by atoms with Gasteiger partial charge in [-0.1, -0.05) is 12.1 Å². The van der Waals surface area contributed by atoms with Crippen molar-refractivity contribution in [2.45, 2.75) is 0 Å². The van der Waals surface area contributed by atoms with E-state index in [0.717, 1.165) is 0 Å². The van der Waals surface area contributed by atoms with Gasteiger partial charge < -0.3 is 8.80 Å². The summed E-state index contributed by atoms with van der Waals surface area (Å²) in [5.74, 6) is 0. The summed E-state index contributed by atoms with van der Waals surface area (Å²) in [7, 11) is 0. The van der Waals surface area contributed by atoms with Crippen LogP contribution in [0.4, 0.5) is 0 Å². The minimum atomic E-state index is 1.21. The lowest BCUT2D eigenvalue weighted by Crippen LogP contribution is -1.95. The maximum atomic E-state index is 2.32. The highest BCUT2D eigenvalue weighted by atomic mass is 32.1. The van der Waals surface area contributed by atoms with Crippen LogP contribution in [0.1, 0.15) is 0 Å². The first kappa shape index (κ1) is 15.9. The average molecular weight is 397 g/mol. The van der Waals surface area contributed by atoms with Gasteiger partial charge in [0.1, 0.15) is 0 Å². The number of nitrogens with zero attached hydrogens (tertiary/aromatic N) is 2. The lowest BCUT2D eigenvalue weighted by Gasteiger charge is -2.10. The molecule has 0 unspecified atom stereocenters. The van der Waals surface area contributed by atoms with Gasteiger partial charge in [-0.2, -0.15) is 22.7 Å². The highest BCUT2D eigenvalue weighted by Crippen LogP contribution is 2.42. The molecule has 0 radical (unpaired) electrons. The van der Waals surface area contributed by atoms with Gasteiger partial charge in [-0.3, -0.25) is 0 Å². The van der Waals surface area contributed by atoms with Gasteiger partial charge in [-0.15, -0.1) is 0 Å². The second-order valence-corrected chi connectivity index (χ2v) is 8.39. The van der Waals surface area contributed by atoms with E-state index in [1.165, 1.54) is 44.7 Å². The highest BCUT2D eigenvalue weighted by Gasteiger charge is 2.21. The van der Waals surface area contributed by atoms with Crippen LogP contribution in [0.15, 0.2) is 94.6 Å². The van der Waals surface area contributed by atoms with Crippen molar-refractivity contribution < 1.29 is 0 Å². The molecule has 6 heterocycles. The fourth-order valence-corrected chi connectivity index (χ4v) is 5.32. The van der Waals surface area contributed by atoms with E-state index >= 15 is 0 Å². The molecule has 0 aromatic carbocycles. The van der Waals surface area contributed by atoms with Crippen molar-refractivity contribution in [3.05, 3.63) is 94.6 Å². The smallest absolute Gasteiger partial charge is 0.0783 e. The van der Waals surface area contributed by atoms with Crippen LogP contribution in [0.3, 0.4) is 0 Å². The first-order chi connectivity index (χ1) is 13.9. The van der Waals surface area contributed by atoms with Gasteiger partial charge in [0, 0.05) is 34.6 Å². The number of pyridine rings is 2. The molecule has 4 heteroatoms. The first-order valence-corrected chi connectivity index (χ1v) is 11.0. The van der Waals surface area contributed by atoms with Crippen molar-refractivity contribution >= 4 is 33.7 Å². The minimum Gasteiger partial charge on any atom is -0.315 e. The molecule has 0 aliphatic rings. The Labute approximate surface area is 170 Å². The molecule has 6 aromatic rings. The summed E-state index contributed by atoms with van der Waals surface area (Å²) >= 11 is 3.48. The van der Waals surface area contributed by atoms with Crippen molar-refractivity contribution in [3.63, 3.8) is 0 Å². The van der Waals surface area contributed by atoms with Gasteiger partial charge in [0.05, 0.1) is 11.4 Å². The maximum Gasteiger partial charge on any atom is 0.0783 e. The molecule has 6 aromatic heterocycles. The Bertz CT molecular complexity index is 1290. The predicted molar refractivity (Wildman–Crippen MR) is 120 cm³/mol. The van der Waals surface area contributed by atoms with E-state index in [1.54, 1.807) is 22.7 Å². The van der Waals surface area contributed by atoms with Gasteiger partial charge in [-0.25, -0.2) is 0 Å². The molecule has 0 bridgehead atoms. The molecule has 2 nitrogen and oxygen atoms in total. The van der Waals surface area contributed by atoms with Crippen molar-refractivity contribution in [2.75, 3.05) is 0 Å².